The third-order valence-electron chi connectivity index (χ3n) is 1.73. The van der Waals surface area contributed by atoms with Gasteiger partial charge in [-0.15, -0.1) is 0 Å². The van der Waals surface area contributed by atoms with Crippen LogP contribution in [-0.4, -0.2) is 16.8 Å². The standard InChI is InChI=1S/C9H10N2O2/c1-2-7(11-13)9(12)8-5-3-4-6-10-8/h3-7H,2H2,1H3. The van der Waals surface area contributed by atoms with E-state index in [4.69, 9.17) is 0 Å². The molecule has 1 aromatic rings. The summed E-state index contributed by atoms with van der Waals surface area (Å²) in [6, 6.07) is 4.20. The summed E-state index contributed by atoms with van der Waals surface area (Å²) in [6.45, 7) is 1.74. The van der Waals surface area contributed by atoms with Crippen molar-refractivity contribution in [3.63, 3.8) is 0 Å². The number of pyridine rings is 1. The van der Waals surface area contributed by atoms with Gasteiger partial charge in [-0.05, 0) is 18.6 Å². The zero-order valence-corrected chi connectivity index (χ0v) is 7.30. The third kappa shape index (κ3) is 2.18. The highest BCUT2D eigenvalue weighted by atomic mass is 16.3. The van der Waals surface area contributed by atoms with E-state index in [9.17, 15) is 9.70 Å². The monoisotopic (exact) mass is 178 g/mol. The minimum absolute atomic E-state index is 0.300. The quantitative estimate of drug-likeness (QED) is 0.521. The molecule has 0 aliphatic heterocycles. The molecule has 0 aliphatic carbocycles. The van der Waals surface area contributed by atoms with Crippen LogP contribution < -0.4 is 0 Å². The van der Waals surface area contributed by atoms with Crippen LogP contribution in [0.1, 0.15) is 23.8 Å². The maximum Gasteiger partial charge on any atom is 0.209 e. The van der Waals surface area contributed by atoms with E-state index in [1.165, 1.54) is 6.20 Å². The van der Waals surface area contributed by atoms with E-state index in [2.05, 4.69) is 10.2 Å². The maximum absolute atomic E-state index is 11.5. The van der Waals surface area contributed by atoms with Crippen LogP contribution in [0, 0.1) is 4.91 Å². The van der Waals surface area contributed by atoms with Gasteiger partial charge in [0.2, 0.25) is 5.78 Å². The number of carbonyl (C=O) groups excluding carboxylic acids is 1. The lowest BCUT2D eigenvalue weighted by atomic mass is 10.1. The van der Waals surface area contributed by atoms with Gasteiger partial charge in [-0.2, -0.15) is 4.91 Å². The number of ketones is 1. The van der Waals surface area contributed by atoms with Gasteiger partial charge >= 0.3 is 0 Å². The number of Topliss-reactive ketones (excluding diaryl/α,β-unsaturated/α-hetero) is 1. The topological polar surface area (TPSA) is 59.4 Å². The van der Waals surface area contributed by atoms with Crippen LogP contribution in [0.2, 0.25) is 0 Å². The lowest BCUT2D eigenvalue weighted by Crippen LogP contribution is -2.18. The summed E-state index contributed by atoms with van der Waals surface area (Å²) in [5.41, 5.74) is 0.300. The molecule has 0 saturated heterocycles. The summed E-state index contributed by atoms with van der Waals surface area (Å²) in [4.78, 5) is 25.5. The normalized spacial score (nSPS) is 12.1. The molecule has 0 aliphatic rings. The molecule has 0 N–H and O–H groups in total. The highest BCUT2D eigenvalue weighted by Crippen LogP contribution is 2.05. The second-order valence-corrected chi connectivity index (χ2v) is 2.61. The van der Waals surface area contributed by atoms with Gasteiger partial charge in [0.1, 0.15) is 5.69 Å². The first-order valence-corrected chi connectivity index (χ1v) is 4.07. The second kappa shape index (κ2) is 4.45. The predicted molar refractivity (Wildman–Crippen MR) is 48.4 cm³/mol. The fraction of sp³-hybridized carbons (Fsp3) is 0.333. The zero-order chi connectivity index (χ0) is 9.68. The second-order valence-electron chi connectivity index (χ2n) is 2.61. The largest absolute Gasteiger partial charge is 0.290 e. The molecule has 13 heavy (non-hydrogen) atoms. The molecule has 68 valence electrons. The number of rotatable bonds is 4. The Morgan fingerprint density at radius 3 is 2.85 bits per heavy atom. The number of carbonyl (C=O) groups is 1. The average Bonchev–Trinajstić information content (AvgIpc) is 2.21. The first-order chi connectivity index (χ1) is 6.29. The van der Waals surface area contributed by atoms with E-state index in [-0.39, 0.29) is 5.78 Å². The Morgan fingerprint density at radius 1 is 1.62 bits per heavy atom. The molecule has 0 aromatic carbocycles. The summed E-state index contributed by atoms with van der Waals surface area (Å²) in [7, 11) is 0. The molecular weight excluding hydrogens is 168 g/mol. The molecule has 0 radical (unpaired) electrons. The summed E-state index contributed by atoms with van der Waals surface area (Å²) < 4.78 is 0. The molecule has 1 unspecified atom stereocenters. The highest BCUT2D eigenvalue weighted by molar-refractivity contribution is 5.98. The summed E-state index contributed by atoms with van der Waals surface area (Å²) in [6.07, 6.45) is 1.93. The van der Waals surface area contributed by atoms with Gasteiger partial charge in [0.25, 0.3) is 0 Å². The van der Waals surface area contributed by atoms with Crippen molar-refractivity contribution in [2.75, 3.05) is 0 Å². The number of aromatic nitrogens is 1. The zero-order valence-electron chi connectivity index (χ0n) is 7.30. The molecule has 1 heterocycles. The number of hydrogen-bond acceptors (Lipinski definition) is 4. The molecular formula is C9H10N2O2. The van der Waals surface area contributed by atoms with Crippen LogP contribution in [-0.2, 0) is 0 Å². The SMILES string of the molecule is CCC(N=O)C(=O)c1ccccn1. The van der Waals surface area contributed by atoms with E-state index in [1.807, 2.05) is 0 Å². The minimum Gasteiger partial charge on any atom is -0.290 e. The Hall–Kier alpha value is -1.58. The van der Waals surface area contributed by atoms with Crippen LogP contribution in [0.4, 0.5) is 0 Å². The number of hydrogen-bond donors (Lipinski definition) is 0. The third-order valence-corrected chi connectivity index (χ3v) is 1.73. The van der Waals surface area contributed by atoms with Gasteiger partial charge in [0.05, 0.1) is 0 Å². The fourth-order valence-electron chi connectivity index (χ4n) is 0.987. The average molecular weight is 178 g/mol. The van der Waals surface area contributed by atoms with Crippen LogP contribution in [0.25, 0.3) is 0 Å². The Morgan fingerprint density at radius 2 is 2.38 bits per heavy atom. The smallest absolute Gasteiger partial charge is 0.209 e. The van der Waals surface area contributed by atoms with Crippen molar-refractivity contribution in [1.29, 1.82) is 0 Å². The first-order valence-electron chi connectivity index (χ1n) is 4.07. The lowest BCUT2D eigenvalue weighted by molar-refractivity contribution is 0.0955. The molecule has 4 nitrogen and oxygen atoms in total. The van der Waals surface area contributed by atoms with Crippen LogP contribution in [0.15, 0.2) is 29.6 Å². The van der Waals surface area contributed by atoms with Crippen molar-refractivity contribution in [3.05, 3.63) is 35.0 Å². The van der Waals surface area contributed by atoms with E-state index in [0.29, 0.717) is 12.1 Å². The van der Waals surface area contributed by atoms with Crippen molar-refractivity contribution < 1.29 is 4.79 Å². The molecule has 0 bridgehead atoms. The van der Waals surface area contributed by atoms with E-state index >= 15 is 0 Å². The van der Waals surface area contributed by atoms with Crippen molar-refractivity contribution in [3.8, 4) is 0 Å². The van der Waals surface area contributed by atoms with Crippen LogP contribution >= 0.6 is 0 Å². The molecule has 1 aromatic heterocycles. The summed E-state index contributed by atoms with van der Waals surface area (Å²) in [5.74, 6) is -0.307. The first kappa shape index (κ1) is 9.51. The lowest BCUT2D eigenvalue weighted by Gasteiger charge is -2.02. The molecule has 0 amide bonds. The van der Waals surface area contributed by atoms with Crippen molar-refractivity contribution in [2.24, 2.45) is 5.18 Å². The van der Waals surface area contributed by atoms with Gasteiger partial charge < -0.3 is 0 Å². The fourth-order valence-corrected chi connectivity index (χ4v) is 0.987. The Balaban J connectivity index is 2.84. The minimum atomic E-state index is -0.796. The molecule has 0 fully saturated rings. The van der Waals surface area contributed by atoms with Gasteiger partial charge in [0, 0.05) is 6.20 Å². The van der Waals surface area contributed by atoms with Gasteiger partial charge in [0.15, 0.2) is 6.04 Å². The maximum atomic E-state index is 11.5. The molecule has 1 rings (SSSR count). The molecule has 1 atom stereocenters. The van der Waals surface area contributed by atoms with Gasteiger partial charge in [-0.25, -0.2) is 0 Å². The predicted octanol–water partition coefficient (Wildman–Crippen LogP) is 1.81. The van der Waals surface area contributed by atoms with Crippen LogP contribution in [0.3, 0.4) is 0 Å². The van der Waals surface area contributed by atoms with E-state index in [1.54, 1.807) is 25.1 Å². The number of nitroso groups, excluding NO2 is 1. The molecule has 0 saturated carbocycles. The van der Waals surface area contributed by atoms with E-state index in [0.717, 1.165) is 0 Å². The Bertz CT molecular complexity index is 298. The van der Waals surface area contributed by atoms with Gasteiger partial charge in [-0.3, -0.25) is 9.78 Å². The van der Waals surface area contributed by atoms with Crippen LogP contribution in [0.5, 0.6) is 0 Å². The summed E-state index contributed by atoms with van der Waals surface area (Å²) in [5, 5.41) is 2.74. The van der Waals surface area contributed by atoms with Crippen molar-refractivity contribution in [2.45, 2.75) is 19.4 Å². The molecule has 0 spiro atoms. The van der Waals surface area contributed by atoms with Gasteiger partial charge in [-0.1, -0.05) is 18.2 Å². The number of nitrogens with zero attached hydrogens (tertiary/aromatic N) is 2. The van der Waals surface area contributed by atoms with Crippen molar-refractivity contribution in [1.82, 2.24) is 4.98 Å². The van der Waals surface area contributed by atoms with E-state index < -0.39 is 6.04 Å². The Kier molecular flexibility index (Phi) is 3.25. The molecule has 4 heteroatoms. The van der Waals surface area contributed by atoms with Crippen molar-refractivity contribution >= 4 is 5.78 Å². The Labute approximate surface area is 76.0 Å². The highest BCUT2D eigenvalue weighted by Gasteiger charge is 2.19. The summed E-state index contributed by atoms with van der Waals surface area (Å²) >= 11 is 0.